The van der Waals surface area contributed by atoms with Gasteiger partial charge in [0.1, 0.15) is 0 Å². The smallest absolute Gasteiger partial charge is 0.0543 e. The highest BCUT2D eigenvalue weighted by Gasteiger charge is 2.34. The molecule has 1 saturated heterocycles. The van der Waals surface area contributed by atoms with E-state index in [1.54, 1.807) is 0 Å². The van der Waals surface area contributed by atoms with Crippen molar-refractivity contribution in [2.45, 2.75) is 64.2 Å². The lowest BCUT2D eigenvalue weighted by Gasteiger charge is -2.18. The molecule has 3 rings (SSSR count). The lowest BCUT2D eigenvalue weighted by molar-refractivity contribution is 0.317. The Morgan fingerprint density at radius 1 is 1.32 bits per heavy atom. The Kier molecular flexibility index (Phi) is 3.39. The van der Waals surface area contributed by atoms with Crippen molar-refractivity contribution < 1.29 is 0 Å². The molecule has 0 aromatic carbocycles. The zero-order chi connectivity index (χ0) is 13.5. The van der Waals surface area contributed by atoms with E-state index in [4.69, 9.17) is 0 Å². The average molecular weight is 262 g/mol. The van der Waals surface area contributed by atoms with Gasteiger partial charge in [-0.15, -0.1) is 0 Å². The van der Waals surface area contributed by atoms with Crippen LogP contribution in [-0.2, 0) is 12.1 Å². The van der Waals surface area contributed by atoms with E-state index in [-0.39, 0.29) is 5.54 Å². The Morgan fingerprint density at radius 3 is 2.74 bits per heavy atom. The highest BCUT2D eigenvalue weighted by atomic mass is 15.3. The third-order valence-electron chi connectivity index (χ3n) is 4.20. The van der Waals surface area contributed by atoms with Crippen LogP contribution in [0.3, 0.4) is 0 Å². The Morgan fingerprint density at radius 2 is 2.11 bits per heavy atom. The van der Waals surface area contributed by atoms with E-state index in [1.165, 1.54) is 37.9 Å². The van der Waals surface area contributed by atoms with E-state index in [0.717, 1.165) is 12.6 Å². The Bertz CT molecular complexity index is 428. The van der Waals surface area contributed by atoms with Crippen LogP contribution in [0.15, 0.2) is 12.4 Å². The summed E-state index contributed by atoms with van der Waals surface area (Å²) in [7, 11) is 0. The molecule has 4 nitrogen and oxygen atoms in total. The molecule has 1 N–H and O–H groups in total. The molecule has 1 atom stereocenters. The summed E-state index contributed by atoms with van der Waals surface area (Å²) in [6.07, 6.45) is 8.30. The van der Waals surface area contributed by atoms with Gasteiger partial charge >= 0.3 is 0 Å². The monoisotopic (exact) mass is 262 g/mol. The summed E-state index contributed by atoms with van der Waals surface area (Å²) in [4.78, 5) is 2.65. The molecular formula is C15H26N4. The van der Waals surface area contributed by atoms with Gasteiger partial charge in [0.25, 0.3) is 0 Å². The van der Waals surface area contributed by atoms with Crippen LogP contribution < -0.4 is 5.32 Å². The molecule has 2 aliphatic rings. The lowest BCUT2D eigenvalue weighted by atomic mass is 10.1. The molecule has 1 unspecified atom stereocenters. The van der Waals surface area contributed by atoms with Gasteiger partial charge in [-0.2, -0.15) is 5.10 Å². The van der Waals surface area contributed by atoms with E-state index in [0.29, 0.717) is 6.04 Å². The van der Waals surface area contributed by atoms with E-state index in [2.05, 4.69) is 47.0 Å². The SMILES string of the molecule is CC(C)(C)n1cc(CNC2CCN(C3CC3)C2)cn1. The van der Waals surface area contributed by atoms with Crippen molar-refractivity contribution in [1.82, 2.24) is 20.0 Å². The van der Waals surface area contributed by atoms with Crippen LogP contribution in [0.5, 0.6) is 0 Å². The first-order valence-electron chi connectivity index (χ1n) is 7.54. The molecule has 1 aliphatic heterocycles. The highest BCUT2D eigenvalue weighted by Crippen LogP contribution is 2.29. The van der Waals surface area contributed by atoms with Crippen molar-refractivity contribution in [2.75, 3.05) is 13.1 Å². The molecule has 0 spiro atoms. The van der Waals surface area contributed by atoms with Crippen molar-refractivity contribution in [3.05, 3.63) is 18.0 Å². The van der Waals surface area contributed by atoms with Gasteiger partial charge in [-0.3, -0.25) is 9.58 Å². The summed E-state index contributed by atoms with van der Waals surface area (Å²) < 4.78 is 2.05. The molecule has 4 heteroatoms. The van der Waals surface area contributed by atoms with Crippen molar-refractivity contribution in [2.24, 2.45) is 0 Å². The number of nitrogens with zero attached hydrogens (tertiary/aromatic N) is 3. The molecule has 0 amide bonds. The highest BCUT2D eigenvalue weighted by molar-refractivity contribution is 5.05. The van der Waals surface area contributed by atoms with Crippen LogP contribution >= 0.6 is 0 Å². The average Bonchev–Trinajstić information content (AvgIpc) is 2.91. The van der Waals surface area contributed by atoms with E-state index < -0.39 is 0 Å². The third-order valence-corrected chi connectivity index (χ3v) is 4.20. The zero-order valence-corrected chi connectivity index (χ0v) is 12.4. The van der Waals surface area contributed by atoms with E-state index in [1.807, 2.05) is 6.20 Å². The van der Waals surface area contributed by atoms with Crippen molar-refractivity contribution in [1.29, 1.82) is 0 Å². The number of hydrogen-bond donors (Lipinski definition) is 1. The molecule has 1 saturated carbocycles. The van der Waals surface area contributed by atoms with Gasteiger partial charge < -0.3 is 5.32 Å². The Labute approximate surface area is 116 Å². The summed E-state index contributed by atoms with van der Waals surface area (Å²) >= 11 is 0. The molecular weight excluding hydrogens is 236 g/mol. The number of aromatic nitrogens is 2. The fraction of sp³-hybridized carbons (Fsp3) is 0.800. The Hall–Kier alpha value is -0.870. The van der Waals surface area contributed by atoms with Crippen LogP contribution in [0.25, 0.3) is 0 Å². The van der Waals surface area contributed by atoms with Gasteiger partial charge in [0.15, 0.2) is 0 Å². The summed E-state index contributed by atoms with van der Waals surface area (Å²) in [5.74, 6) is 0. The van der Waals surface area contributed by atoms with Crippen LogP contribution in [0.1, 0.15) is 45.6 Å². The largest absolute Gasteiger partial charge is 0.308 e. The third kappa shape index (κ3) is 3.18. The first kappa shape index (κ1) is 13.1. The molecule has 106 valence electrons. The van der Waals surface area contributed by atoms with Gasteiger partial charge in [-0.1, -0.05) is 0 Å². The molecule has 0 bridgehead atoms. The lowest BCUT2D eigenvalue weighted by Crippen LogP contribution is -2.32. The maximum atomic E-state index is 4.45. The maximum absolute atomic E-state index is 4.45. The molecule has 1 aliphatic carbocycles. The summed E-state index contributed by atoms with van der Waals surface area (Å²) in [6.45, 7) is 10.0. The molecule has 2 heterocycles. The number of likely N-dealkylation sites (tertiary alicyclic amines) is 1. The zero-order valence-electron chi connectivity index (χ0n) is 12.4. The van der Waals surface area contributed by atoms with Crippen LogP contribution in [0.4, 0.5) is 0 Å². The predicted molar refractivity (Wildman–Crippen MR) is 77.1 cm³/mol. The van der Waals surface area contributed by atoms with Gasteiger partial charge in [0.2, 0.25) is 0 Å². The van der Waals surface area contributed by atoms with Crippen LogP contribution in [0.2, 0.25) is 0 Å². The maximum Gasteiger partial charge on any atom is 0.0543 e. The summed E-state index contributed by atoms with van der Waals surface area (Å²) in [5, 5.41) is 8.13. The normalized spacial score (nSPS) is 25.1. The molecule has 1 aromatic rings. The minimum Gasteiger partial charge on any atom is -0.308 e. The fourth-order valence-electron chi connectivity index (χ4n) is 2.81. The number of nitrogens with one attached hydrogen (secondary N) is 1. The fourth-order valence-corrected chi connectivity index (χ4v) is 2.81. The van der Waals surface area contributed by atoms with Crippen molar-refractivity contribution >= 4 is 0 Å². The molecule has 0 radical (unpaired) electrons. The van der Waals surface area contributed by atoms with Gasteiger partial charge in [0.05, 0.1) is 11.7 Å². The minimum atomic E-state index is 0.0778. The first-order chi connectivity index (χ1) is 9.02. The van der Waals surface area contributed by atoms with Crippen LogP contribution in [0, 0.1) is 0 Å². The second-order valence-electron chi connectivity index (χ2n) is 7.06. The van der Waals surface area contributed by atoms with Crippen molar-refractivity contribution in [3.63, 3.8) is 0 Å². The second-order valence-corrected chi connectivity index (χ2v) is 7.06. The molecule has 2 fully saturated rings. The minimum absolute atomic E-state index is 0.0778. The summed E-state index contributed by atoms with van der Waals surface area (Å²) in [5.41, 5.74) is 1.37. The van der Waals surface area contributed by atoms with Gasteiger partial charge in [-0.05, 0) is 40.0 Å². The topological polar surface area (TPSA) is 33.1 Å². The summed E-state index contributed by atoms with van der Waals surface area (Å²) in [6, 6.07) is 1.58. The predicted octanol–water partition coefficient (Wildman–Crippen LogP) is 1.96. The molecule has 19 heavy (non-hydrogen) atoms. The standard InChI is InChI=1S/C15H26N4/c1-15(2,3)19-10-12(9-17-19)8-16-13-6-7-18(11-13)14-4-5-14/h9-10,13-14,16H,4-8,11H2,1-3H3. The first-order valence-corrected chi connectivity index (χ1v) is 7.54. The van der Waals surface area contributed by atoms with E-state index in [9.17, 15) is 0 Å². The van der Waals surface area contributed by atoms with E-state index >= 15 is 0 Å². The Balaban J connectivity index is 1.48. The second kappa shape index (κ2) is 4.91. The van der Waals surface area contributed by atoms with Gasteiger partial charge in [-0.25, -0.2) is 0 Å². The number of hydrogen-bond acceptors (Lipinski definition) is 3. The van der Waals surface area contributed by atoms with Crippen LogP contribution in [-0.4, -0.2) is 39.9 Å². The van der Waals surface area contributed by atoms with Gasteiger partial charge in [0, 0.05) is 43.5 Å². The number of rotatable bonds is 4. The molecule has 1 aromatic heterocycles. The van der Waals surface area contributed by atoms with Crippen molar-refractivity contribution in [3.8, 4) is 0 Å². The quantitative estimate of drug-likeness (QED) is 0.900.